The van der Waals surface area contributed by atoms with Gasteiger partial charge in [-0.1, -0.05) is 0 Å². The molecule has 0 spiro atoms. The molecule has 108 valence electrons. The number of rotatable bonds is 3. The second-order valence-corrected chi connectivity index (χ2v) is 5.82. The van der Waals surface area contributed by atoms with Crippen LogP contribution in [0.4, 0.5) is 14.5 Å². The topological polar surface area (TPSA) is 69.1 Å². The van der Waals surface area contributed by atoms with E-state index in [2.05, 4.69) is 4.98 Å². The van der Waals surface area contributed by atoms with Gasteiger partial charge in [-0.05, 0) is 24.3 Å². The predicted octanol–water partition coefficient (Wildman–Crippen LogP) is 3.00. The Bertz CT molecular complexity index is 848. The Morgan fingerprint density at radius 1 is 1.19 bits per heavy atom. The maximum absolute atomic E-state index is 13.6. The minimum absolute atomic E-state index is 0.0850. The Morgan fingerprint density at radius 3 is 2.76 bits per heavy atom. The van der Waals surface area contributed by atoms with E-state index in [-0.39, 0.29) is 16.5 Å². The summed E-state index contributed by atoms with van der Waals surface area (Å²) in [5, 5.41) is 0. The molecule has 0 aliphatic rings. The normalized spacial score (nSPS) is 12.7. The molecule has 0 saturated heterocycles. The summed E-state index contributed by atoms with van der Waals surface area (Å²) in [4.78, 5) is 4.07. The molecule has 3 aromatic rings. The van der Waals surface area contributed by atoms with Crippen LogP contribution in [0.25, 0.3) is 11.1 Å². The van der Waals surface area contributed by atoms with Crippen LogP contribution < -0.4 is 5.73 Å². The zero-order valence-electron chi connectivity index (χ0n) is 10.7. The molecule has 1 heterocycles. The van der Waals surface area contributed by atoms with Gasteiger partial charge in [0.25, 0.3) is 0 Å². The van der Waals surface area contributed by atoms with E-state index in [1.165, 1.54) is 0 Å². The molecule has 3 rings (SSSR count). The van der Waals surface area contributed by atoms with Gasteiger partial charge in [-0.25, -0.2) is 13.8 Å². The molecule has 0 aliphatic heterocycles. The van der Waals surface area contributed by atoms with E-state index in [9.17, 15) is 13.0 Å². The molecule has 1 atom stereocenters. The average molecular weight is 308 g/mol. The van der Waals surface area contributed by atoms with E-state index in [1.807, 2.05) is 0 Å². The summed E-state index contributed by atoms with van der Waals surface area (Å²) in [6.45, 7) is 0. The highest BCUT2D eigenvalue weighted by Crippen LogP contribution is 2.21. The molecule has 2 aromatic carbocycles. The summed E-state index contributed by atoms with van der Waals surface area (Å²) < 4.78 is 43.9. The molecule has 0 fully saturated rings. The monoisotopic (exact) mass is 308 g/mol. The van der Waals surface area contributed by atoms with Gasteiger partial charge in [-0.2, -0.15) is 0 Å². The summed E-state index contributed by atoms with van der Waals surface area (Å²) in [6, 6.07) is 7.86. The molecule has 0 radical (unpaired) electrons. The van der Waals surface area contributed by atoms with E-state index in [4.69, 9.17) is 10.2 Å². The number of nitrogens with two attached hydrogens (primary N) is 1. The van der Waals surface area contributed by atoms with Crippen molar-refractivity contribution in [3.63, 3.8) is 0 Å². The van der Waals surface area contributed by atoms with Crippen molar-refractivity contribution < 1.29 is 17.4 Å². The molecule has 0 aliphatic carbocycles. The first-order chi connectivity index (χ1) is 10.0. The fraction of sp³-hybridized carbons (Fsp3) is 0.0714. The number of nitrogens with zero attached hydrogens (tertiary/aromatic N) is 1. The molecule has 2 N–H and O–H groups in total. The molecule has 4 nitrogen and oxygen atoms in total. The van der Waals surface area contributed by atoms with Gasteiger partial charge in [0.05, 0.1) is 15.7 Å². The summed E-state index contributed by atoms with van der Waals surface area (Å²) in [5.74, 6) is -1.46. The number of anilines is 1. The molecule has 0 bridgehead atoms. The number of aromatic nitrogens is 1. The van der Waals surface area contributed by atoms with Gasteiger partial charge in [-0.3, -0.25) is 4.21 Å². The second kappa shape index (κ2) is 5.25. The van der Waals surface area contributed by atoms with Crippen LogP contribution in [0.5, 0.6) is 0 Å². The lowest BCUT2D eigenvalue weighted by atomic mass is 10.3. The Morgan fingerprint density at radius 2 is 2.00 bits per heavy atom. The van der Waals surface area contributed by atoms with Crippen LogP contribution in [0.2, 0.25) is 0 Å². The Hall–Kier alpha value is -2.28. The zero-order chi connectivity index (χ0) is 15.0. The smallest absolute Gasteiger partial charge is 0.208 e. The van der Waals surface area contributed by atoms with Crippen molar-refractivity contribution >= 4 is 27.6 Å². The van der Waals surface area contributed by atoms with Gasteiger partial charge >= 0.3 is 0 Å². The third-order valence-corrected chi connectivity index (χ3v) is 4.18. The summed E-state index contributed by atoms with van der Waals surface area (Å²) in [5.41, 5.74) is 7.20. The van der Waals surface area contributed by atoms with Crippen molar-refractivity contribution in [3.05, 3.63) is 53.9 Å². The molecule has 1 unspecified atom stereocenters. The second-order valence-electron chi connectivity index (χ2n) is 4.40. The minimum atomic E-state index is -1.72. The lowest BCUT2D eigenvalue weighted by molar-refractivity contribution is 0.548. The number of hydrogen-bond donors (Lipinski definition) is 1. The Balaban J connectivity index is 1.89. The van der Waals surface area contributed by atoms with E-state index < -0.39 is 22.4 Å². The number of fused-ring (bicyclic) bond motifs is 1. The number of halogens is 2. The molecule has 0 amide bonds. The van der Waals surface area contributed by atoms with E-state index >= 15 is 0 Å². The van der Waals surface area contributed by atoms with Crippen LogP contribution in [0.15, 0.2) is 45.7 Å². The van der Waals surface area contributed by atoms with Gasteiger partial charge in [-0.15, -0.1) is 0 Å². The van der Waals surface area contributed by atoms with Crippen molar-refractivity contribution in [2.24, 2.45) is 0 Å². The van der Waals surface area contributed by atoms with Gasteiger partial charge in [0.15, 0.2) is 5.58 Å². The third-order valence-electron chi connectivity index (χ3n) is 2.85. The highest BCUT2D eigenvalue weighted by atomic mass is 32.2. The predicted molar refractivity (Wildman–Crippen MR) is 74.9 cm³/mol. The molecule has 1 aromatic heterocycles. The van der Waals surface area contributed by atoms with Crippen molar-refractivity contribution in [1.82, 2.24) is 4.98 Å². The van der Waals surface area contributed by atoms with E-state index in [1.54, 1.807) is 18.2 Å². The van der Waals surface area contributed by atoms with Crippen molar-refractivity contribution in [1.29, 1.82) is 0 Å². The van der Waals surface area contributed by atoms with Crippen LogP contribution in [0.3, 0.4) is 0 Å². The first-order valence-corrected chi connectivity index (χ1v) is 7.33. The third kappa shape index (κ3) is 2.78. The van der Waals surface area contributed by atoms with E-state index in [0.29, 0.717) is 22.9 Å². The quantitative estimate of drug-likeness (QED) is 0.755. The Kier molecular flexibility index (Phi) is 3.42. The number of hydrogen-bond acceptors (Lipinski definition) is 4. The van der Waals surface area contributed by atoms with Crippen molar-refractivity contribution in [2.45, 2.75) is 10.6 Å². The summed E-state index contributed by atoms with van der Waals surface area (Å²) in [7, 11) is -1.72. The molecule has 7 heteroatoms. The van der Waals surface area contributed by atoms with Crippen LogP contribution in [-0.2, 0) is 16.6 Å². The number of nitrogen functional groups attached to an aromatic ring is 1. The molecule has 21 heavy (non-hydrogen) atoms. The van der Waals surface area contributed by atoms with Crippen LogP contribution in [0.1, 0.15) is 5.89 Å². The fourth-order valence-electron chi connectivity index (χ4n) is 1.90. The van der Waals surface area contributed by atoms with Crippen molar-refractivity contribution in [3.8, 4) is 0 Å². The highest BCUT2D eigenvalue weighted by molar-refractivity contribution is 7.84. The maximum atomic E-state index is 13.6. The maximum Gasteiger partial charge on any atom is 0.208 e. The molecular formula is C14H10F2N2O2S. The van der Waals surface area contributed by atoms with Crippen LogP contribution in [-0.4, -0.2) is 9.19 Å². The highest BCUT2D eigenvalue weighted by Gasteiger charge is 2.15. The number of benzene rings is 2. The standard InChI is InChI=1S/C14H10F2N2O2S/c15-8-1-4-13(10(16)5-8)21(19)7-14-18-11-3-2-9(17)6-12(11)20-14/h1-6H,7,17H2. The zero-order valence-corrected chi connectivity index (χ0v) is 11.5. The first-order valence-electron chi connectivity index (χ1n) is 6.01. The summed E-state index contributed by atoms with van der Waals surface area (Å²) in [6.07, 6.45) is 0. The van der Waals surface area contributed by atoms with Crippen LogP contribution in [0, 0.1) is 11.6 Å². The van der Waals surface area contributed by atoms with Gasteiger partial charge < -0.3 is 10.2 Å². The largest absolute Gasteiger partial charge is 0.440 e. The Labute approximate surface area is 121 Å². The van der Waals surface area contributed by atoms with Gasteiger partial charge in [0.1, 0.15) is 22.9 Å². The summed E-state index contributed by atoms with van der Waals surface area (Å²) >= 11 is 0. The van der Waals surface area contributed by atoms with Gasteiger partial charge in [0.2, 0.25) is 5.89 Å². The lowest BCUT2D eigenvalue weighted by Gasteiger charge is -2.01. The molecular weight excluding hydrogens is 298 g/mol. The average Bonchev–Trinajstić information content (AvgIpc) is 2.79. The first kappa shape index (κ1) is 13.7. The number of oxazole rings is 1. The SMILES string of the molecule is Nc1ccc2nc(CS(=O)c3ccc(F)cc3F)oc2c1. The van der Waals surface area contributed by atoms with Gasteiger partial charge in [0, 0.05) is 17.8 Å². The molecule has 0 saturated carbocycles. The van der Waals surface area contributed by atoms with Crippen molar-refractivity contribution in [2.75, 3.05) is 5.73 Å². The van der Waals surface area contributed by atoms with Crippen LogP contribution >= 0.6 is 0 Å². The lowest BCUT2D eigenvalue weighted by Crippen LogP contribution is -2.00. The van der Waals surface area contributed by atoms with E-state index in [0.717, 1.165) is 12.1 Å². The minimum Gasteiger partial charge on any atom is -0.440 e. The fourth-order valence-corrected chi connectivity index (χ4v) is 2.90.